The van der Waals surface area contributed by atoms with Crippen molar-refractivity contribution < 1.29 is 24.2 Å². The molecule has 0 saturated heterocycles. The standard InChI is InChI=1S/C23H28N2O5/c1-29-20-9-5-17(6-10-20)14-25-15-19-8-7-18(23(27)28)13-21(19)30-12-4-2-3-11-24-22(26)16-25/h5-10,13H,2-4,11-12,14-16H2,1H3,(H,24,26)(H,27,28). The molecule has 2 aromatic carbocycles. The normalized spacial score (nSPS) is 16.1. The number of hydrogen-bond acceptors (Lipinski definition) is 5. The number of fused-ring (bicyclic) bond motifs is 1. The van der Waals surface area contributed by atoms with Crippen LogP contribution in [-0.2, 0) is 17.9 Å². The Hall–Kier alpha value is -3.06. The van der Waals surface area contributed by atoms with Crippen molar-refractivity contribution >= 4 is 11.9 Å². The first-order valence-corrected chi connectivity index (χ1v) is 10.2. The molecule has 1 heterocycles. The molecule has 0 aliphatic carbocycles. The van der Waals surface area contributed by atoms with Crippen molar-refractivity contribution in [3.8, 4) is 11.5 Å². The molecule has 0 atom stereocenters. The number of nitrogens with zero attached hydrogens (tertiary/aromatic N) is 1. The molecule has 2 N–H and O–H groups in total. The maximum absolute atomic E-state index is 12.5. The summed E-state index contributed by atoms with van der Waals surface area (Å²) in [5.74, 6) is 0.335. The molecule has 0 saturated carbocycles. The van der Waals surface area contributed by atoms with Gasteiger partial charge in [-0.1, -0.05) is 18.2 Å². The molecule has 7 nitrogen and oxygen atoms in total. The molecule has 30 heavy (non-hydrogen) atoms. The van der Waals surface area contributed by atoms with E-state index >= 15 is 0 Å². The van der Waals surface area contributed by atoms with E-state index in [1.807, 2.05) is 29.2 Å². The Kier molecular flexibility index (Phi) is 7.68. The Morgan fingerprint density at radius 2 is 1.93 bits per heavy atom. The fourth-order valence-electron chi connectivity index (χ4n) is 3.42. The number of aromatic carboxylic acids is 1. The van der Waals surface area contributed by atoms with E-state index in [-0.39, 0.29) is 18.0 Å². The van der Waals surface area contributed by atoms with E-state index in [1.54, 1.807) is 25.3 Å². The second-order valence-corrected chi connectivity index (χ2v) is 7.38. The Balaban J connectivity index is 1.86. The maximum Gasteiger partial charge on any atom is 0.335 e. The molecule has 1 amide bonds. The molecule has 3 rings (SSSR count). The summed E-state index contributed by atoms with van der Waals surface area (Å²) < 4.78 is 11.2. The number of amides is 1. The van der Waals surface area contributed by atoms with Gasteiger partial charge in [-0.05, 0) is 49.1 Å². The molecule has 1 aliphatic heterocycles. The number of methoxy groups -OCH3 is 1. The van der Waals surface area contributed by atoms with Gasteiger partial charge in [0.15, 0.2) is 0 Å². The largest absolute Gasteiger partial charge is 0.497 e. The average molecular weight is 412 g/mol. The fraction of sp³-hybridized carbons (Fsp3) is 0.391. The van der Waals surface area contributed by atoms with Crippen LogP contribution in [0.25, 0.3) is 0 Å². The van der Waals surface area contributed by atoms with Gasteiger partial charge in [0.1, 0.15) is 11.5 Å². The van der Waals surface area contributed by atoms with E-state index in [0.717, 1.165) is 36.1 Å². The Labute approximate surface area is 176 Å². The average Bonchev–Trinajstić information content (AvgIpc) is 2.75. The number of nitrogens with one attached hydrogen (secondary N) is 1. The molecule has 0 aromatic heterocycles. The van der Waals surface area contributed by atoms with Crippen LogP contribution in [0.15, 0.2) is 42.5 Å². The maximum atomic E-state index is 12.5. The number of benzene rings is 2. The minimum absolute atomic E-state index is 0.0209. The first-order valence-electron chi connectivity index (χ1n) is 10.2. The van der Waals surface area contributed by atoms with Gasteiger partial charge >= 0.3 is 5.97 Å². The van der Waals surface area contributed by atoms with E-state index in [1.165, 1.54) is 0 Å². The topological polar surface area (TPSA) is 88.1 Å². The molecular formula is C23H28N2O5. The molecule has 0 radical (unpaired) electrons. The van der Waals surface area contributed by atoms with Crippen molar-refractivity contribution in [3.63, 3.8) is 0 Å². The predicted octanol–water partition coefficient (Wildman–Crippen LogP) is 3.07. The predicted molar refractivity (Wildman–Crippen MR) is 113 cm³/mol. The highest BCUT2D eigenvalue weighted by molar-refractivity contribution is 5.88. The molecule has 0 fully saturated rings. The van der Waals surface area contributed by atoms with Gasteiger partial charge in [0, 0.05) is 25.2 Å². The zero-order valence-electron chi connectivity index (χ0n) is 17.2. The molecule has 7 heteroatoms. The molecule has 0 spiro atoms. The zero-order chi connectivity index (χ0) is 21.3. The van der Waals surface area contributed by atoms with Crippen molar-refractivity contribution in [2.75, 3.05) is 26.8 Å². The van der Waals surface area contributed by atoms with Gasteiger partial charge in [0.2, 0.25) is 5.91 Å². The van der Waals surface area contributed by atoms with Gasteiger partial charge in [-0.15, -0.1) is 0 Å². The van der Waals surface area contributed by atoms with E-state index in [0.29, 0.717) is 32.0 Å². The third kappa shape index (κ3) is 6.22. The summed E-state index contributed by atoms with van der Waals surface area (Å²) in [7, 11) is 1.63. The van der Waals surface area contributed by atoms with Crippen LogP contribution in [0, 0.1) is 0 Å². The van der Waals surface area contributed by atoms with Crippen molar-refractivity contribution in [1.29, 1.82) is 0 Å². The Bertz CT molecular complexity index is 866. The first-order chi connectivity index (χ1) is 14.5. The summed E-state index contributed by atoms with van der Waals surface area (Å²) in [6, 6.07) is 12.7. The van der Waals surface area contributed by atoms with Crippen LogP contribution in [0.5, 0.6) is 11.5 Å². The summed E-state index contributed by atoms with van der Waals surface area (Å²) >= 11 is 0. The van der Waals surface area contributed by atoms with Crippen molar-refractivity contribution in [2.24, 2.45) is 0 Å². The first kappa shape index (κ1) is 21.6. The van der Waals surface area contributed by atoms with Crippen molar-refractivity contribution in [1.82, 2.24) is 10.2 Å². The quantitative estimate of drug-likeness (QED) is 0.803. The highest BCUT2D eigenvalue weighted by Gasteiger charge is 2.17. The number of ether oxygens (including phenoxy) is 2. The van der Waals surface area contributed by atoms with Crippen molar-refractivity contribution in [2.45, 2.75) is 32.4 Å². The van der Waals surface area contributed by atoms with E-state index in [9.17, 15) is 14.7 Å². The van der Waals surface area contributed by atoms with Gasteiger partial charge in [0.05, 0.1) is 25.8 Å². The third-order valence-electron chi connectivity index (χ3n) is 5.04. The number of carbonyl (C=O) groups excluding carboxylic acids is 1. The highest BCUT2D eigenvalue weighted by atomic mass is 16.5. The lowest BCUT2D eigenvalue weighted by molar-refractivity contribution is -0.122. The van der Waals surface area contributed by atoms with E-state index in [2.05, 4.69) is 5.32 Å². The zero-order valence-corrected chi connectivity index (χ0v) is 17.2. The highest BCUT2D eigenvalue weighted by Crippen LogP contribution is 2.24. The van der Waals surface area contributed by atoms with Gasteiger partial charge in [0.25, 0.3) is 0 Å². The van der Waals surface area contributed by atoms with Gasteiger partial charge in [-0.25, -0.2) is 4.79 Å². The summed E-state index contributed by atoms with van der Waals surface area (Å²) in [4.78, 5) is 25.9. The molecule has 1 aliphatic rings. The molecular weight excluding hydrogens is 384 g/mol. The lowest BCUT2D eigenvalue weighted by Crippen LogP contribution is -2.37. The monoisotopic (exact) mass is 412 g/mol. The number of rotatable bonds is 4. The summed E-state index contributed by atoms with van der Waals surface area (Å²) in [6.07, 6.45) is 2.67. The van der Waals surface area contributed by atoms with Crippen LogP contribution >= 0.6 is 0 Å². The smallest absolute Gasteiger partial charge is 0.335 e. The minimum Gasteiger partial charge on any atom is -0.497 e. The SMILES string of the molecule is COc1ccc(CN2CC(=O)NCCCCCOc3cc(C(=O)O)ccc3C2)cc1. The van der Waals surface area contributed by atoms with E-state index < -0.39 is 5.97 Å². The summed E-state index contributed by atoms with van der Waals surface area (Å²) in [5, 5.41) is 12.3. The minimum atomic E-state index is -0.987. The van der Waals surface area contributed by atoms with Crippen LogP contribution in [0.1, 0.15) is 40.7 Å². The van der Waals surface area contributed by atoms with Crippen LogP contribution in [0.3, 0.4) is 0 Å². The Morgan fingerprint density at radius 1 is 1.13 bits per heavy atom. The lowest BCUT2D eigenvalue weighted by atomic mass is 10.1. The van der Waals surface area contributed by atoms with Crippen LogP contribution in [-0.4, -0.2) is 48.7 Å². The van der Waals surface area contributed by atoms with Gasteiger partial charge in [-0.2, -0.15) is 0 Å². The molecule has 2 aromatic rings. The number of carboxylic acid groups (broad SMARTS) is 1. The second kappa shape index (κ2) is 10.6. The Morgan fingerprint density at radius 3 is 2.67 bits per heavy atom. The van der Waals surface area contributed by atoms with Crippen LogP contribution < -0.4 is 14.8 Å². The lowest BCUT2D eigenvalue weighted by Gasteiger charge is -2.23. The fourth-order valence-corrected chi connectivity index (χ4v) is 3.42. The van der Waals surface area contributed by atoms with E-state index in [4.69, 9.17) is 9.47 Å². The molecule has 160 valence electrons. The second-order valence-electron chi connectivity index (χ2n) is 7.38. The van der Waals surface area contributed by atoms with Crippen LogP contribution in [0.2, 0.25) is 0 Å². The van der Waals surface area contributed by atoms with Gasteiger partial charge in [-0.3, -0.25) is 9.69 Å². The summed E-state index contributed by atoms with van der Waals surface area (Å²) in [5.41, 5.74) is 2.11. The summed E-state index contributed by atoms with van der Waals surface area (Å²) in [6.45, 7) is 2.44. The van der Waals surface area contributed by atoms with Crippen LogP contribution in [0.4, 0.5) is 0 Å². The molecule has 0 unspecified atom stereocenters. The van der Waals surface area contributed by atoms with Crippen molar-refractivity contribution in [3.05, 3.63) is 59.2 Å². The number of carboxylic acids is 1. The molecule has 0 bridgehead atoms. The number of carbonyl (C=O) groups is 2. The number of hydrogen-bond donors (Lipinski definition) is 2. The van der Waals surface area contributed by atoms with Gasteiger partial charge < -0.3 is 19.9 Å². The third-order valence-corrected chi connectivity index (χ3v) is 5.04.